The third-order valence-electron chi connectivity index (χ3n) is 2.95. The Labute approximate surface area is 144 Å². The molecule has 0 unspecified atom stereocenters. The molecule has 0 spiro atoms. The highest BCUT2D eigenvalue weighted by molar-refractivity contribution is 14.0. The zero-order chi connectivity index (χ0) is 14.1. The van der Waals surface area contributed by atoms with Gasteiger partial charge in [0.05, 0.1) is 0 Å². The van der Waals surface area contributed by atoms with Gasteiger partial charge in [-0.2, -0.15) is 0 Å². The molecule has 0 saturated carbocycles. The number of halogens is 1. The van der Waals surface area contributed by atoms with Crippen LogP contribution in [0.5, 0.6) is 0 Å². The number of guanidine groups is 1. The molecule has 20 heavy (non-hydrogen) atoms. The summed E-state index contributed by atoms with van der Waals surface area (Å²) >= 11 is 1.80. The van der Waals surface area contributed by atoms with Gasteiger partial charge in [0.2, 0.25) is 0 Å². The fourth-order valence-electron chi connectivity index (χ4n) is 1.72. The first-order valence-corrected chi connectivity index (χ1v) is 7.58. The van der Waals surface area contributed by atoms with Gasteiger partial charge in [0.1, 0.15) is 0 Å². The summed E-state index contributed by atoms with van der Waals surface area (Å²) in [5.74, 6) is 0.870. The molecule has 0 amide bonds. The molecule has 1 heterocycles. The average Bonchev–Trinajstić information content (AvgIpc) is 2.92. The van der Waals surface area contributed by atoms with Gasteiger partial charge in [0.25, 0.3) is 0 Å². The number of nitrogens with zero attached hydrogens (tertiary/aromatic N) is 1. The van der Waals surface area contributed by atoms with Crippen LogP contribution >= 0.6 is 35.3 Å². The molecule has 0 radical (unpaired) electrons. The maximum atomic E-state index is 4.24. The number of hydrogen-bond donors (Lipinski definition) is 2. The van der Waals surface area contributed by atoms with Crippen molar-refractivity contribution < 1.29 is 0 Å². The van der Waals surface area contributed by atoms with Gasteiger partial charge >= 0.3 is 0 Å². The molecule has 1 aromatic rings. The highest BCUT2D eigenvalue weighted by Crippen LogP contribution is 2.26. The van der Waals surface area contributed by atoms with E-state index in [-0.39, 0.29) is 29.4 Å². The van der Waals surface area contributed by atoms with Gasteiger partial charge in [0, 0.05) is 30.4 Å². The molecule has 0 aliphatic heterocycles. The molecule has 0 atom stereocenters. The second-order valence-electron chi connectivity index (χ2n) is 5.07. The van der Waals surface area contributed by atoms with Gasteiger partial charge in [-0.1, -0.05) is 32.1 Å². The molecular formula is C15H26IN3S. The van der Waals surface area contributed by atoms with E-state index in [1.165, 1.54) is 4.88 Å². The van der Waals surface area contributed by atoms with Crippen molar-refractivity contribution in [2.75, 3.05) is 20.1 Å². The van der Waals surface area contributed by atoms with Crippen molar-refractivity contribution in [3.63, 3.8) is 0 Å². The first kappa shape index (κ1) is 19.4. The minimum absolute atomic E-state index is 0. The van der Waals surface area contributed by atoms with Gasteiger partial charge in [-0.3, -0.25) is 4.99 Å². The van der Waals surface area contributed by atoms with E-state index >= 15 is 0 Å². The second-order valence-corrected chi connectivity index (χ2v) is 6.02. The number of nitrogens with one attached hydrogen (secondary N) is 2. The molecule has 2 N–H and O–H groups in total. The summed E-state index contributed by atoms with van der Waals surface area (Å²) in [5, 5.41) is 8.84. The summed E-state index contributed by atoms with van der Waals surface area (Å²) in [7, 11) is 1.81. The highest BCUT2D eigenvalue weighted by atomic mass is 127. The number of thiophene rings is 1. The molecule has 0 saturated heterocycles. The van der Waals surface area contributed by atoms with Crippen molar-refractivity contribution in [3.05, 3.63) is 34.5 Å². The topological polar surface area (TPSA) is 36.4 Å². The largest absolute Gasteiger partial charge is 0.356 e. The molecule has 3 nitrogen and oxygen atoms in total. The normalized spacial score (nSPS) is 12.3. The summed E-state index contributed by atoms with van der Waals surface area (Å²) in [6.45, 7) is 8.31. The van der Waals surface area contributed by atoms with Gasteiger partial charge in [0.15, 0.2) is 5.96 Å². The summed E-state index contributed by atoms with van der Waals surface area (Å²) in [6, 6.07) is 4.29. The molecule has 5 heteroatoms. The van der Waals surface area contributed by atoms with Gasteiger partial charge in [-0.25, -0.2) is 0 Å². The third-order valence-corrected chi connectivity index (χ3v) is 4.18. The maximum Gasteiger partial charge on any atom is 0.191 e. The zero-order valence-corrected chi connectivity index (χ0v) is 15.9. The molecule has 0 bridgehead atoms. The lowest BCUT2D eigenvalue weighted by Gasteiger charge is -2.25. The van der Waals surface area contributed by atoms with Crippen molar-refractivity contribution in [2.45, 2.75) is 32.6 Å². The lowest BCUT2D eigenvalue weighted by molar-refractivity contribution is 0.518. The Balaban J connectivity index is 0.00000361. The summed E-state index contributed by atoms with van der Waals surface area (Å²) in [5.41, 5.74) is 0.120. The molecule has 0 fully saturated rings. The average molecular weight is 407 g/mol. The Hall–Kier alpha value is -0.560. The Bertz CT molecular complexity index is 411. The number of rotatable bonds is 6. The van der Waals surface area contributed by atoms with E-state index in [2.05, 4.69) is 59.1 Å². The first-order chi connectivity index (χ1) is 9.10. The van der Waals surface area contributed by atoms with E-state index in [1.807, 2.05) is 14.0 Å². The van der Waals surface area contributed by atoms with Crippen LogP contribution in [0.25, 0.3) is 0 Å². The summed E-state index contributed by atoms with van der Waals surface area (Å²) in [4.78, 5) is 5.64. The fourth-order valence-corrected chi connectivity index (χ4v) is 2.57. The molecule has 0 aliphatic carbocycles. The van der Waals surface area contributed by atoms with Crippen molar-refractivity contribution in [2.24, 2.45) is 4.99 Å². The monoisotopic (exact) mass is 407 g/mol. The fraction of sp³-hybridized carbons (Fsp3) is 0.533. The summed E-state index contributed by atoms with van der Waals surface area (Å²) in [6.07, 6.45) is 5.24. The summed E-state index contributed by atoms with van der Waals surface area (Å²) < 4.78 is 0. The quantitative estimate of drug-likeness (QED) is 0.248. The second kappa shape index (κ2) is 10.2. The van der Waals surface area contributed by atoms with Crippen LogP contribution in [0.3, 0.4) is 0 Å². The molecule has 114 valence electrons. The van der Waals surface area contributed by atoms with Crippen LogP contribution in [-0.4, -0.2) is 26.1 Å². The molecule has 0 aliphatic rings. The van der Waals surface area contributed by atoms with Gasteiger partial charge in [-0.15, -0.1) is 35.3 Å². The van der Waals surface area contributed by atoms with E-state index in [0.717, 1.165) is 25.5 Å². The van der Waals surface area contributed by atoms with Crippen LogP contribution in [0.4, 0.5) is 0 Å². The minimum atomic E-state index is 0. The maximum absolute atomic E-state index is 4.24. The van der Waals surface area contributed by atoms with E-state index < -0.39 is 0 Å². The Morgan fingerprint density at radius 2 is 2.15 bits per heavy atom. The van der Waals surface area contributed by atoms with E-state index in [1.54, 1.807) is 11.3 Å². The smallest absolute Gasteiger partial charge is 0.191 e. The first-order valence-electron chi connectivity index (χ1n) is 6.70. The number of aliphatic imine (C=N–C) groups is 1. The van der Waals surface area contributed by atoms with E-state index in [4.69, 9.17) is 0 Å². The molecule has 1 aromatic heterocycles. The number of hydrogen-bond acceptors (Lipinski definition) is 2. The predicted octanol–water partition coefficient (Wildman–Crippen LogP) is 3.77. The van der Waals surface area contributed by atoms with Crippen LogP contribution in [0.2, 0.25) is 0 Å². The van der Waals surface area contributed by atoms with Crippen molar-refractivity contribution in [1.29, 1.82) is 0 Å². The number of allylic oxidation sites excluding steroid dienone is 1. The molecule has 0 aromatic carbocycles. The van der Waals surface area contributed by atoms with E-state index in [9.17, 15) is 0 Å². The Morgan fingerprint density at radius 1 is 1.40 bits per heavy atom. The Morgan fingerprint density at radius 3 is 2.70 bits per heavy atom. The van der Waals surface area contributed by atoms with Crippen molar-refractivity contribution in [3.8, 4) is 0 Å². The highest BCUT2D eigenvalue weighted by Gasteiger charge is 2.21. The van der Waals surface area contributed by atoms with Crippen LogP contribution in [-0.2, 0) is 5.41 Å². The third kappa shape index (κ3) is 6.74. The SMILES string of the molecule is CC=CCCNC(=NC)NCC(C)(C)c1cccs1.I. The van der Waals surface area contributed by atoms with Crippen molar-refractivity contribution in [1.82, 2.24) is 10.6 Å². The van der Waals surface area contributed by atoms with Gasteiger partial charge in [-0.05, 0) is 24.8 Å². The van der Waals surface area contributed by atoms with Crippen molar-refractivity contribution >= 4 is 41.3 Å². The van der Waals surface area contributed by atoms with Crippen LogP contribution in [0.1, 0.15) is 32.1 Å². The standard InChI is InChI=1S/C15H25N3S.HI/c1-5-6-7-10-17-14(16-4)18-12-15(2,3)13-9-8-11-19-13;/h5-6,8-9,11H,7,10,12H2,1-4H3,(H2,16,17,18);1H. The lowest BCUT2D eigenvalue weighted by atomic mass is 9.91. The van der Waals surface area contributed by atoms with Crippen LogP contribution < -0.4 is 10.6 Å². The lowest BCUT2D eigenvalue weighted by Crippen LogP contribution is -2.43. The van der Waals surface area contributed by atoms with Crippen LogP contribution in [0, 0.1) is 0 Å². The molecule has 1 rings (SSSR count). The zero-order valence-electron chi connectivity index (χ0n) is 12.8. The molecular weight excluding hydrogens is 381 g/mol. The van der Waals surface area contributed by atoms with Gasteiger partial charge < -0.3 is 10.6 Å². The van der Waals surface area contributed by atoms with Crippen LogP contribution in [0.15, 0.2) is 34.7 Å². The minimum Gasteiger partial charge on any atom is -0.356 e. The van der Waals surface area contributed by atoms with E-state index in [0.29, 0.717) is 0 Å². The Kier molecular flexibility index (Phi) is 9.92. The predicted molar refractivity (Wildman–Crippen MR) is 102 cm³/mol.